The minimum absolute atomic E-state index is 0.0293. The van der Waals surface area contributed by atoms with Gasteiger partial charge >= 0.3 is 0 Å². The number of amides is 1. The highest BCUT2D eigenvalue weighted by Crippen LogP contribution is 2.23. The molecule has 0 aliphatic carbocycles. The Bertz CT molecular complexity index is 446. The van der Waals surface area contributed by atoms with Crippen LogP contribution in [0.15, 0.2) is 23.4 Å². The fourth-order valence-corrected chi connectivity index (χ4v) is 1.50. The molecule has 92 valence electrons. The molecule has 1 rings (SSSR count). The van der Waals surface area contributed by atoms with Crippen molar-refractivity contribution in [2.45, 2.75) is 19.8 Å². The molecule has 0 saturated carbocycles. The molecule has 1 aromatic carbocycles. The number of nitrogens with two attached hydrogens (primary N) is 1. The summed E-state index contributed by atoms with van der Waals surface area (Å²) in [6.07, 6.45) is 1.21. The van der Waals surface area contributed by atoms with E-state index in [1.807, 2.05) is 6.92 Å². The highest BCUT2D eigenvalue weighted by Gasteiger charge is 2.07. The lowest BCUT2D eigenvalue weighted by atomic mass is 10.2. The SMILES string of the molecule is CCCC(=O)Nc1ccc(/C(N)=N/O)cc1Cl. The monoisotopic (exact) mass is 255 g/mol. The van der Waals surface area contributed by atoms with Crippen LogP contribution < -0.4 is 11.1 Å². The van der Waals surface area contributed by atoms with E-state index in [0.717, 1.165) is 6.42 Å². The number of carbonyl (C=O) groups excluding carboxylic acids is 1. The summed E-state index contributed by atoms with van der Waals surface area (Å²) in [7, 11) is 0. The van der Waals surface area contributed by atoms with Crippen molar-refractivity contribution in [2.24, 2.45) is 10.9 Å². The number of oxime groups is 1. The number of halogens is 1. The molecule has 0 heterocycles. The van der Waals surface area contributed by atoms with Crippen LogP contribution in [0.2, 0.25) is 5.02 Å². The van der Waals surface area contributed by atoms with Crippen molar-refractivity contribution in [3.05, 3.63) is 28.8 Å². The van der Waals surface area contributed by atoms with Gasteiger partial charge in [-0.05, 0) is 24.6 Å². The maximum atomic E-state index is 11.4. The largest absolute Gasteiger partial charge is 0.409 e. The standard InChI is InChI=1S/C11H14ClN3O2/c1-2-3-10(16)14-9-5-4-7(6-8(9)12)11(13)15-17/h4-6,17H,2-3H2,1H3,(H2,13,15)(H,14,16). The molecule has 5 nitrogen and oxygen atoms in total. The van der Waals surface area contributed by atoms with Crippen LogP contribution in [0.25, 0.3) is 0 Å². The first-order chi connectivity index (χ1) is 8.08. The van der Waals surface area contributed by atoms with Crippen molar-refractivity contribution in [2.75, 3.05) is 5.32 Å². The number of hydrogen-bond acceptors (Lipinski definition) is 3. The molecule has 0 saturated heterocycles. The lowest BCUT2D eigenvalue weighted by Crippen LogP contribution is -2.14. The minimum Gasteiger partial charge on any atom is -0.409 e. The number of nitrogens with one attached hydrogen (secondary N) is 1. The summed E-state index contributed by atoms with van der Waals surface area (Å²) in [5.41, 5.74) is 6.42. The Morgan fingerprint density at radius 1 is 1.59 bits per heavy atom. The second-order valence-corrected chi connectivity index (χ2v) is 3.89. The Morgan fingerprint density at radius 2 is 2.29 bits per heavy atom. The molecular weight excluding hydrogens is 242 g/mol. The van der Waals surface area contributed by atoms with Crippen LogP contribution in [-0.2, 0) is 4.79 Å². The first-order valence-corrected chi connectivity index (χ1v) is 5.53. The molecule has 0 bridgehead atoms. The average Bonchev–Trinajstić information content (AvgIpc) is 2.31. The quantitative estimate of drug-likeness (QED) is 0.333. The summed E-state index contributed by atoms with van der Waals surface area (Å²) >= 11 is 5.97. The summed E-state index contributed by atoms with van der Waals surface area (Å²) in [4.78, 5) is 11.4. The third kappa shape index (κ3) is 3.64. The lowest BCUT2D eigenvalue weighted by molar-refractivity contribution is -0.116. The third-order valence-corrected chi connectivity index (χ3v) is 2.44. The van der Waals surface area contributed by atoms with Crippen LogP contribution >= 0.6 is 11.6 Å². The van der Waals surface area contributed by atoms with Gasteiger partial charge in [-0.2, -0.15) is 0 Å². The second kappa shape index (κ2) is 6.10. The number of carbonyl (C=O) groups is 1. The van der Waals surface area contributed by atoms with Crippen molar-refractivity contribution in [1.29, 1.82) is 0 Å². The van der Waals surface area contributed by atoms with Gasteiger partial charge in [0.2, 0.25) is 5.91 Å². The fourth-order valence-electron chi connectivity index (χ4n) is 1.27. The number of nitrogens with zero attached hydrogens (tertiary/aromatic N) is 1. The van der Waals surface area contributed by atoms with Gasteiger partial charge in [0.15, 0.2) is 5.84 Å². The highest BCUT2D eigenvalue weighted by molar-refractivity contribution is 6.34. The molecular formula is C11H14ClN3O2. The minimum atomic E-state index is -0.0917. The zero-order valence-electron chi connectivity index (χ0n) is 9.40. The molecule has 0 atom stereocenters. The fraction of sp³-hybridized carbons (Fsp3) is 0.273. The summed E-state index contributed by atoms with van der Waals surface area (Å²) in [5.74, 6) is -0.121. The van der Waals surface area contributed by atoms with Crippen LogP contribution in [0.1, 0.15) is 25.3 Å². The molecule has 6 heteroatoms. The van der Waals surface area contributed by atoms with Crippen LogP contribution in [-0.4, -0.2) is 17.0 Å². The number of benzene rings is 1. The van der Waals surface area contributed by atoms with Gasteiger partial charge in [-0.1, -0.05) is 23.7 Å². The van der Waals surface area contributed by atoms with Crippen LogP contribution in [0.5, 0.6) is 0 Å². The average molecular weight is 256 g/mol. The smallest absolute Gasteiger partial charge is 0.224 e. The van der Waals surface area contributed by atoms with E-state index in [2.05, 4.69) is 10.5 Å². The van der Waals surface area contributed by atoms with E-state index in [1.54, 1.807) is 12.1 Å². The summed E-state index contributed by atoms with van der Waals surface area (Å²) < 4.78 is 0. The van der Waals surface area contributed by atoms with Gasteiger partial charge in [0, 0.05) is 12.0 Å². The van der Waals surface area contributed by atoms with Gasteiger partial charge in [-0.3, -0.25) is 4.79 Å². The zero-order valence-corrected chi connectivity index (χ0v) is 10.2. The number of amidine groups is 1. The van der Waals surface area contributed by atoms with Crippen LogP contribution in [0, 0.1) is 0 Å². The Balaban J connectivity index is 2.87. The van der Waals surface area contributed by atoms with Crippen LogP contribution in [0.4, 0.5) is 5.69 Å². The molecule has 4 N–H and O–H groups in total. The van der Waals surface area contributed by atoms with Crippen molar-refractivity contribution in [3.63, 3.8) is 0 Å². The second-order valence-electron chi connectivity index (χ2n) is 3.48. The molecule has 0 radical (unpaired) electrons. The van der Waals surface area contributed by atoms with Crippen molar-refractivity contribution in [3.8, 4) is 0 Å². The summed E-state index contributed by atoms with van der Waals surface area (Å²) in [5, 5.41) is 14.4. The van der Waals surface area contributed by atoms with Gasteiger partial charge in [-0.25, -0.2) is 0 Å². The first kappa shape index (κ1) is 13.3. The van der Waals surface area contributed by atoms with Gasteiger partial charge in [0.05, 0.1) is 10.7 Å². The van der Waals surface area contributed by atoms with Crippen molar-refractivity contribution < 1.29 is 10.0 Å². The predicted molar refractivity (Wildman–Crippen MR) is 67.5 cm³/mol. The Kier molecular flexibility index (Phi) is 4.78. The number of anilines is 1. The first-order valence-electron chi connectivity index (χ1n) is 5.15. The molecule has 0 aliphatic rings. The molecule has 1 aromatic rings. The molecule has 0 aliphatic heterocycles. The molecule has 0 unspecified atom stereocenters. The molecule has 1 amide bonds. The van der Waals surface area contributed by atoms with E-state index in [1.165, 1.54) is 6.07 Å². The summed E-state index contributed by atoms with van der Waals surface area (Å²) in [6, 6.07) is 4.75. The Hall–Kier alpha value is -1.75. The van der Waals surface area contributed by atoms with E-state index in [9.17, 15) is 4.79 Å². The predicted octanol–water partition coefficient (Wildman–Crippen LogP) is 2.17. The van der Waals surface area contributed by atoms with Gasteiger partial charge in [0.1, 0.15) is 0 Å². The number of hydrogen-bond donors (Lipinski definition) is 3. The van der Waals surface area contributed by atoms with Crippen molar-refractivity contribution >= 4 is 29.0 Å². The van der Waals surface area contributed by atoms with Crippen LogP contribution in [0.3, 0.4) is 0 Å². The molecule has 0 aromatic heterocycles. The highest BCUT2D eigenvalue weighted by atomic mass is 35.5. The Morgan fingerprint density at radius 3 is 2.82 bits per heavy atom. The number of rotatable bonds is 4. The maximum absolute atomic E-state index is 11.4. The maximum Gasteiger partial charge on any atom is 0.224 e. The summed E-state index contributed by atoms with van der Waals surface area (Å²) in [6.45, 7) is 1.92. The van der Waals surface area contributed by atoms with E-state index >= 15 is 0 Å². The van der Waals surface area contributed by atoms with Gasteiger partial charge in [-0.15, -0.1) is 0 Å². The van der Waals surface area contributed by atoms with Gasteiger partial charge < -0.3 is 16.3 Å². The van der Waals surface area contributed by atoms with E-state index < -0.39 is 0 Å². The van der Waals surface area contributed by atoms with E-state index in [-0.39, 0.29) is 11.7 Å². The zero-order chi connectivity index (χ0) is 12.8. The molecule has 0 fully saturated rings. The Labute approximate surface area is 104 Å². The third-order valence-electron chi connectivity index (χ3n) is 2.12. The van der Waals surface area contributed by atoms with E-state index in [0.29, 0.717) is 22.7 Å². The van der Waals surface area contributed by atoms with E-state index in [4.69, 9.17) is 22.5 Å². The molecule has 0 spiro atoms. The topological polar surface area (TPSA) is 87.7 Å². The van der Waals surface area contributed by atoms with Gasteiger partial charge in [0.25, 0.3) is 0 Å². The lowest BCUT2D eigenvalue weighted by Gasteiger charge is -2.08. The molecule has 17 heavy (non-hydrogen) atoms. The normalized spacial score (nSPS) is 11.3. The van der Waals surface area contributed by atoms with Crippen molar-refractivity contribution in [1.82, 2.24) is 0 Å².